The number of nitrogens with zero attached hydrogens (tertiary/aromatic N) is 1. The molecular weight excluding hydrogens is 543 g/mol. The van der Waals surface area contributed by atoms with Gasteiger partial charge in [-0.1, -0.05) is 24.3 Å². The minimum atomic E-state index is -4.83. The maximum Gasteiger partial charge on any atom is 0.573 e. The van der Waals surface area contributed by atoms with E-state index in [1.54, 1.807) is 24.3 Å². The third-order valence-corrected chi connectivity index (χ3v) is 7.48. The molecule has 3 rings (SSSR count). The molecule has 13 heteroatoms. The van der Waals surface area contributed by atoms with Crippen LogP contribution in [0.5, 0.6) is 17.2 Å². The second-order valence-electron chi connectivity index (χ2n) is 8.52. The van der Waals surface area contributed by atoms with Crippen molar-refractivity contribution in [2.75, 3.05) is 5.75 Å². The van der Waals surface area contributed by atoms with E-state index in [1.165, 1.54) is 43.3 Å². The van der Waals surface area contributed by atoms with E-state index in [2.05, 4.69) is 4.74 Å². The summed E-state index contributed by atoms with van der Waals surface area (Å²) in [4.78, 5) is 22.4. The van der Waals surface area contributed by atoms with Crippen molar-refractivity contribution in [2.24, 2.45) is 0 Å². The van der Waals surface area contributed by atoms with E-state index < -0.39 is 45.6 Å². The molecule has 2 atom stereocenters. The Bertz CT molecular complexity index is 1390. The van der Waals surface area contributed by atoms with Gasteiger partial charge in [-0.15, -0.1) is 13.2 Å². The number of carbonyl (C=O) groups is 2. The van der Waals surface area contributed by atoms with E-state index in [0.29, 0.717) is 11.1 Å². The maximum atomic E-state index is 13.1. The lowest BCUT2D eigenvalue weighted by Gasteiger charge is -2.23. The fourth-order valence-corrected chi connectivity index (χ4v) is 5.15. The van der Waals surface area contributed by atoms with Crippen LogP contribution in [0, 0.1) is 0 Å². The standard InChI is InChI=1S/C26H24F3NO8S/c1-17(25(32)33)19-4-2-3-18(13-19)14-20(30(34)16-31)15-39(35,36)24-11-9-22(10-12-24)37-21-5-7-23(8-6-21)38-26(27,28)29/h2-13,16-17,20,34H,14-15H2,1H3,(H,32,33). The highest BCUT2D eigenvalue weighted by molar-refractivity contribution is 7.91. The van der Waals surface area contributed by atoms with Crippen LogP contribution >= 0.6 is 0 Å². The van der Waals surface area contributed by atoms with E-state index in [0.717, 1.165) is 12.1 Å². The van der Waals surface area contributed by atoms with Crippen molar-refractivity contribution < 1.29 is 51.0 Å². The number of amides is 1. The first-order valence-electron chi connectivity index (χ1n) is 11.4. The van der Waals surface area contributed by atoms with Gasteiger partial charge in [0.2, 0.25) is 6.41 Å². The van der Waals surface area contributed by atoms with E-state index in [-0.39, 0.29) is 34.3 Å². The average Bonchev–Trinajstić information content (AvgIpc) is 2.88. The van der Waals surface area contributed by atoms with Gasteiger partial charge >= 0.3 is 12.3 Å². The quantitative estimate of drug-likeness (QED) is 0.181. The molecule has 2 unspecified atom stereocenters. The average molecular weight is 568 g/mol. The molecule has 0 heterocycles. The molecule has 0 radical (unpaired) electrons. The summed E-state index contributed by atoms with van der Waals surface area (Å²) in [6, 6.07) is 15.1. The van der Waals surface area contributed by atoms with Crippen LogP contribution < -0.4 is 9.47 Å². The topological polar surface area (TPSA) is 130 Å². The summed E-state index contributed by atoms with van der Waals surface area (Å²) in [7, 11) is -4.02. The first-order valence-corrected chi connectivity index (χ1v) is 13.0. The van der Waals surface area contributed by atoms with Crippen molar-refractivity contribution >= 4 is 22.2 Å². The number of aliphatic carboxylic acids is 1. The number of hydrogen-bond acceptors (Lipinski definition) is 7. The number of carboxylic acids is 1. The van der Waals surface area contributed by atoms with Crippen molar-refractivity contribution in [3.8, 4) is 17.2 Å². The van der Waals surface area contributed by atoms with Crippen molar-refractivity contribution in [1.29, 1.82) is 0 Å². The number of benzene rings is 3. The summed E-state index contributed by atoms with van der Waals surface area (Å²) in [5.74, 6) is -2.53. The summed E-state index contributed by atoms with van der Waals surface area (Å²) in [6.07, 6.45) is -4.81. The second-order valence-corrected chi connectivity index (χ2v) is 10.6. The van der Waals surface area contributed by atoms with Crippen LogP contribution in [0.25, 0.3) is 0 Å². The third-order valence-electron chi connectivity index (χ3n) is 5.66. The number of carbonyl (C=O) groups excluding carboxylic acids is 1. The zero-order valence-electron chi connectivity index (χ0n) is 20.4. The van der Waals surface area contributed by atoms with Crippen molar-refractivity contribution in [1.82, 2.24) is 5.06 Å². The number of ether oxygens (including phenoxy) is 2. The van der Waals surface area contributed by atoms with Gasteiger partial charge in [0.15, 0.2) is 9.84 Å². The Morgan fingerprint density at radius 3 is 2.10 bits per heavy atom. The Morgan fingerprint density at radius 2 is 1.56 bits per heavy atom. The minimum Gasteiger partial charge on any atom is -0.481 e. The number of hydroxylamine groups is 2. The Morgan fingerprint density at radius 1 is 1.00 bits per heavy atom. The lowest BCUT2D eigenvalue weighted by molar-refractivity contribution is -0.274. The van der Waals surface area contributed by atoms with Crippen LogP contribution in [0.3, 0.4) is 0 Å². The van der Waals surface area contributed by atoms with Gasteiger partial charge < -0.3 is 14.6 Å². The molecule has 9 nitrogen and oxygen atoms in total. The highest BCUT2D eigenvalue weighted by Gasteiger charge is 2.31. The van der Waals surface area contributed by atoms with Crippen molar-refractivity contribution in [3.63, 3.8) is 0 Å². The Kier molecular flexibility index (Phi) is 9.20. The summed E-state index contributed by atoms with van der Waals surface area (Å²) < 4.78 is 72.3. The molecule has 0 fully saturated rings. The van der Waals surface area contributed by atoms with Crippen LogP contribution in [0.2, 0.25) is 0 Å². The number of carboxylic acid groups (broad SMARTS) is 1. The van der Waals surface area contributed by atoms with E-state index in [1.807, 2.05) is 0 Å². The van der Waals surface area contributed by atoms with Crippen LogP contribution in [-0.4, -0.2) is 54.3 Å². The van der Waals surface area contributed by atoms with Crippen LogP contribution in [-0.2, 0) is 25.8 Å². The van der Waals surface area contributed by atoms with Gasteiger partial charge in [-0.25, -0.2) is 13.5 Å². The van der Waals surface area contributed by atoms with Crippen LogP contribution in [0.1, 0.15) is 24.0 Å². The van der Waals surface area contributed by atoms with Gasteiger partial charge in [-0.3, -0.25) is 14.8 Å². The highest BCUT2D eigenvalue weighted by atomic mass is 32.2. The first-order chi connectivity index (χ1) is 18.3. The molecular formula is C26H24F3NO8S. The molecule has 3 aromatic carbocycles. The van der Waals surface area contributed by atoms with Gasteiger partial charge in [0.1, 0.15) is 17.2 Å². The number of sulfone groups is 1. The number of halogens is 3. The van der Waals surface area contributed by atoms with Crippen molar-refractivity contribution in [3.05, 3.63) is 83.9 Å². The monoisotopic (exact) mass is 567 g/mol. The van der Waals surface area contributed by atoms with Gasteiger partial charge in [0.05, 0.1) is 22.6 Å². The highest BCUT2D eigenvalue weighted by Crippen LogP contribution is 2.28. The summed E-state index contributed by atoms with van der Waals surface area (Å²) in [5.41, 5.74) is 1.01. The third kappa shape index (κ3) is 8.45. The fraction of sp³-hybridized carbons (Fsp3) is 0.231. The van der Waals surface area contributed by atoms with Gasteiger partial charge in [0, 0.05) is 0 Å². The fourth-order valence-electron chi connectivity index (χ4n) is 3.63. The number of alkyl halides is 3. The summed E-state index contributed by atoms with van der Waals surface area (Å²) >= 11 is 0. The molecule has 3 aromatic rings. The van der Waals surface area contributed by atoms with E-state index in [9.17, 15) is 41.5 Å². The summed E-state index contributed by atoms with van der Waals surface area (Å²) in [6.45, 7) is 1.50. The SMILES string of the molecule is CC(C(=O)O)c1cccc(CC(CS(=O)(=O)c2ccc(Oc3ccc(OC(F)(F)F)cc3)cc2)N(O)C=O)c1. The van der Waals surface area contributed by atoms with Gasteiger partial charge in [-0.05, 0) is 73.0 Å². The predicted molar refractivity (Wildman–Crippen MR) is 131 cm³/mol. The molecule has 0 aliphatic rings. The minimum absolute atomic E-state index is 0.0656. The van der Waals surface area contributed by atoms with Gasteiger partial charge in [0.25, 0.3) is 0 Å². The smallest absolute Gasteiger partial charge is 0.481 e. The lowest BCUT2D eigenvalue weighted by Crippen LogP contribution is -2.38. The Hall–Kier alpha value is -4.10. The van der Waals surface area contributed by atoms with E-state index in [4.69, 9.17) is 4.74 Å². The molecule has 0 bridgehead atoms. The molecule has 0 aliphatic carbocycles. The molecule has 0 saturated heterocycles. The number of hydrogen-bond donors (Lipinski definition) is 2. The van der Waals surface area contributed by atoms with Crippen molar-refractivity contribution in [2.45, 2.75) is 36.6 Å². The molecule has 0 aliphatic heterocycles. The zero-order valence-corrected chi connectivity index (χ0v) is 21.2. The van der Waals surface area contributed by atoms with Gasteiger partial charge in [-0.2, -0.15) is 0 Å². The molecule has 0 aromatic heterocycles. The first kappa shape index (κ1) is 29.5. The molecule has 0 saturated carbocycles. The molecule has 208 valence electrons. The zero-order chi connectivity index (χ0) is 28.8. The normalized spacial score (nSPS) is 13.3. The summed E-state index contributed by atoms with van der Waals surface area (Å²) in [5, 5.41) is 19.6. The predicted octanol–water partition coefficient (Wildman–Crippen LogP) is 4.80. The van der Waals surface area contributed by atoms with E-state index >= 15 is 0 Å². The molecule has 0 spiro atoms. The maximum absolute atomic E-state index is 13.1. The Balaban J connectivity index is 1.72. The number of rotatable bonds is 12. The largest absolute Gasteiger partial charge is 0.573 e. The van der Waals surface area contributed by atoms with Crippen LogP contribution in [0.15, 0.2) is 77.7 Å². The second kappa shape index (κ2) is 12.2. The molecule has 1 amide bonds. The van der Waals surface area contributed by atoms with Crippen LogP contribution in [0.4, 0.5) is 13.2 Å². The Labute approximate surface area is 221 Å². The lowest BCUT2D eigenvalue weighted by atomic mass is 9.97. The molecule has 2 N–H and O–H groups in total. The molecule has 39 heavy (non-hydrogen) atoms.